The first-order chi connectivity index (χ1) is 8.63. The van der Waals surface area contributed by atoms with E-state index in [4.69, 9.17) is 9.15 Å². The molecule has 1 aromatic carbocycles. The third kappa shape index (κ3) is 1.82. The molecular weight excluding hydrogens is 228 g/mol. The summed E-state index contributed by atoms with van der Waals surface area (Å²) in [6, 6.07) is 9.06. The van der Waals surface area contributed by atoms with E-state index in [0.29, 0.717) is 11.3 Å². The number of carbonyl (C=O) groups excluding carboxylic acids is 1. The number of hydrogen-bond acceptors (Lipinski definition) is 3. The molecule has 3 rings (SSSR count). The van der Waals surface area contributed by atoms with Crippen molar-refractivity contribution >= 4 is 5.78 Å². The fourth-order valence-corrected chi connectivity index (χ4v) is 2.26. The van der Waals surface area contributed by atoms with Gasteiger partial charge in [-0.25, -0.2) is 0 Å². The van der Waals surface area contributed by atoms with Gasteiger partial charge in [0.15, 0.2) is 5.76 Å². The van der Waals surface area contributed by atoms with Gasteiger partial charge in [0.2, 0.25) is 5.78 Å². The summed E-state index contributed by atoms with van der Waals surface area (Å²) in [5, 5.41) is 0. The summed E-state index contributed by atoms with van der Waals surface area (Å²) in [7, 11) is 0. The number of furan rings is 1. The van der Waals surface area contributed by atoms with E-state index < -0.39 is 0 Å². The number of benzene rings is 1. The van der Waals surface area contributed by atoms with E-state index in [-0.39, 0.29) is 11.9 Å². The monoisotopic (exact) mass is 242 g/mol. The average Bonchev–Trinajstić information content (AvgIpc) is 2.92. The number of ether oxygens (including phenoxy) is 1. The topological polar surface area (TPSA) is 39.4 Å². The molecule has 0 amide bonds. The Hall–Kier alpha value is -2.03. The van der Waals surface area contributed by atoms with Gasteiger partial charge in [0.05, 0.1) is 0 Å². The van der Waals surface area contributed by atoms with E-state index in [9.17, 15) is 4.79 Å². The van der Waals surface area contributed by atoms with Crippen LogP contribution in [0.25, 0.3) is 0 Å². The molecule has 1 aliphatic heterocycles. The fourth-order valence-electron chi connectivity index (χ4n) is 2.26. The lowest BCUT2D eigenvalue weighted by molar-refractivity contribution is 0.101. The molecule has 0 spiro atoms. The summed E-state index contributed by atoms with van der Waals surface area (Å²) in [5.41, 5.74) is 1.75. The third-order valence-corrected chi connectivity index (χ3v) is 3.12. The van der Waals surface area contributed by atoms with Crippen molar-refractivity contribution in [2.24, 2.45) is 0 Å². The molecule has 18 heavy (non-hydrogen) atoms. The highest BCUT2D eigenvalue weighted by Crippen LogP contribution is 2.30. The summed E-state index contributed by atoms with van der Waals surface area (Å²) in [6.07, 6.45) is 1.05. The molecule has 2 aromatic rings. The molecule has 0 saturated heterocycles. The van der Waals surface area contributed by atoms with Crippen LogP contribution < -0.4 is 4.74 Å². The molecule has 0 saturated carbocycles. The van der Waals surface area contributed by atoms with Crippen molar-refractivity contribution in [3.05, 3.63) is 53.0 Å². The summed E-state index contributed by atoms with van der Waals surface area (Å²) in [4.78, 5) is 12.2. The fraction of sp³-hybridized carbons (Fsp3) is 0.267. The van der Waals surface area contributed by atoms with Crippen molar-refractivity contribution < 1.29 is 13.9 Å². The first-order valence-electron chi connectivity index (χ1n) is 6.04. The first kappa shape index (κ1) is 11.1. The van der Waals surface area contributed by atoms with Gasteiger partial charge in [-0.05, 0) is 49.7 Å². The maximum Gasteiger partial charge on any atom is 0.228 e. The first-order valence-corrected chi connectivity index (χ1v) is 6.04. The molecule has 1 aromatic heterocycles. The van der Waals surface area contributed by atoms with Crippen LogP contribution in [-0.4, -0.2) is 11.9 Å². The maximum absolute atomic E-state index is 12.2. The number of ketones is 1. The Balaban J connectivity index is 1.94. The van der Waals surface area contributed by atoms with E-state index in [1.807, 2.05) is 26.0 Å². The molecule has 0 N–H and O–H groups in total. The van der Waals surface area contributed by atoms with E-state index in [1.54, 1.807) is 18.2 Å². The van der Waals surface area contributed by atoms with E-state index in [0.717, 1.165) is 23.5 Å². The predicted octanol–water partition coefficient (Wildman–Crippen LogP) is 3.14. The summed E-state index contributed by atoms with van der Waals surface area (Å²) < 4.78 is 11.0. The molecule has 1 atom stereocenters. The Morgan fingerprint density at radius 1 is 1.28 bits per heavy atom. The lowest BCUT2D eigenvalue weighted by Gasteiger charge is -2.02. The van der Waals surface area contributed by atoms with Crippen LogP contribution in [-0.2, 0) is 6.42 Å². The van der Waals surface area contributed by atoms with Gasteiger partial charge in [0.1, 0.15) is 17.6 Å². The summed E-state index contributed by atoms with van der Waals surface area (Å²) >= 11 is 0. The van der Waals surface area contributed by atoms with Crippen molar-refractivity contribution in [3.63, 3.8) is 0 Å². The van der Waals surface area contributed by atoms with Crippen LogP contribution in [0.3, 0.4) is 0 Å². The van der Waals surface area contributed by atoms with Crippen LogP contribution in [0, 0.1) is 6.92 Å². The largest absolute Gasteiger partial charge is 0.490 e. The van der Waals surface area contributed by atoms with Gasteiger partial charge >= 0.3 is 0 Å². The normalized spacial score (nSPS) is 17.3. The van der Waals surface area contributed by atoms with Gasteiger partial charge in [0.25, 0.3) is 0 Å². The smallest absolute Gasteiger partial charge is 0.228 e. The highest BCUT2D eigenvalue weighted by Gasteiger charge is 2.21. The average molecular weight is 242 g/mol. The number of rotatable bonds is 2. The Morgan fingerprint density at radius 3 is 2.83 bits per heavy atom. The standard InChI is InChI=1S/C15H14O3/c1-9-3-5-14(17-9)15(16)11-4-6-13-12(8-11)7-10(2)18-13/h3-6,8,10H,7H2,1-2H3. The molecule has 3 nitrogen and oxygen atoms in total. The van der Waals surface area contributed by atoms with Gasteiger partial charge in [-0.2, -0.15) is 0 Å². The van der Waals surface area contributed by atoms with Crippen LogP contribution in [0.15, 0.2) is 34.7 Å². The second-order valence-electron chi connectivity index (χ2n) is 4.69. The Kier molecular flexibility index (Phi) is 2.47. The molecule has 2 heterocycles. The molecule has 1 unspecified atom stereocenters. The Bertz CT molecular complexity index is 610. The summed E-state index contributed by atoms with van der Waals surface area (Å²) in [6.45, 7) is 3.85. The van der Waals surface area contributed by atoms with Gasteiger partial charge < -0.3 is 9.15 Å². The summed E-state index contributed by atoms with van der Waals surface area (Å²) in [5.74, 6) is 1.94. The molecule has 0 bridgehead atoms. The van der Waals surface area contributed by atoms with Crippen LogP contribution in [0.5, 0.6) is 5.75 Å². The van der Waals surface area contributed by atoms with Crippen LogP contribution in [0.1, 0.15) is 34.4 Å². The van der Waals surface area contributed by atoms with Gasteiger partial charge in [0, 0.05) is 12.0 Å². The lowest BCUT2D eigenvalue weighted by Crippen LogP contribution is -2.05. The molecule has 3 heteroatoms. The lowest BCUT2D eigenvalue weighted by atomic mass is 10.0. The minimum Gasteiger partial charge on any atom is -0.490 e. The minimum atomic E-state index is -0.0783. The number of fused-ring (bicyclic) bond motifs is 1. The molecule has 0 radical (unpaired) electrons. The number of carbonyl (C=O) groups is 1. The van der Waals surface area contributed by atoms with Gasteiger partial charge in [-0.15, -0.1) is 0 Å². The predicted molar refractivity (Wildman–Crippen MR) is 67.1 cm³/mol. The van der Waals surface area contributed by atoms with E-state index in [1.165, 1.54) is 0 Å². The zero-order chi connectivity index (χ0) is 12.7. The van der Waals surface area contributed by atoms with Gasteiger partial charge in [-0.1, -0.05) is 0 Å². The van der Waals surface area contributed by atoms with Crippen LogP contribution in [0.2, 0.25) is 0 Å². The molecule has 0 aliphatic carbocycles. The zero-order valence-electron chi connectivity index (χ0n) is 10.4. The van der Waals surface area contributed by atoms with Crippen LogP contribution >= 0.6 is 0 Å². The van der Waals surface area contributed by atoms with Gasteiger partial charge in [-0.3, -0.25) is 4.79 Å². The van der Waals surface area contributed by atoms with E-state index in [2.05, 4.69) is 0 Å². The molecule has 92 valence electrons. The third-order valence-electron chi connectivity index (χ3n) is 3.12. The number of hydrogen-bond donors (Lipinski definition) is 0. The molecular formula is C15H14O3. The quantitative estimate of drug-likeness (QED) is 0.759. The number of aryl methyl sites for hydroxylation is 1. The van der Waals surface area contributed by atoms with E-state index >= 15 is 0 Å². The second kappa shape index (κ2) is 4.02. The van der Waals surface area contributed by atoms with Crippen molar-refractivity contribution in [1.29, 1.82) is 0 Å². The zero-order valence-corrected chi connectivity index (χ0v) is 10.4. The van der Waals surface area contributed by atoms with Crippen molar-refractivity contribution in [2.75, 3.05) is 0 Å². The Morgan fingerprint density at radius 2 is 2.11 bits per heavy atom. The molecule has 0 fully saturated rings. The SMILES string of the molecule is Cc1ccc(C(=O)c2ccc3c(c2)CC(C)O3)o1. The van der Waals surface area contributed by atoms with Crippen LogP contribution in [0.4, 0.5) is 0 Å². The second-order valence-corrected chi connectivity index (χ2v) is 4.69. The highest BCUT2D eigenvalue weighted by molar-refractivity contribution is 6.07. The Labute approximate surface area is 105 Å². The van der Waals surface area contributed by atoms with Crippen molar-refractivity contribution in [1.82, 2.24) is 0 Å². The highest BCUT2D eigenvalue weighted by atomic mass is 16.5. The van der Waals surface area contributed by atoms with Crippen molar-refractivity contribution in [3.8, 4) is 5.75 Å². The maximum atomic E-state index is 12.2. The van der Waals surface area contributed by atoms with Crippen molar-refractivity contribution in [2.45, 2.75) is 26.4 Å². The minimum absolute atomic E-state index is 0.0783. The molecule has 1 aliphatic rings.